The first-order chi connectivity index (χ1) is 9.08. The molecule has 1 aliphatic carbocycles. The molecule has 1 saturated heterocycles. The van der Waals surface area contributed by atoms with E-state index in [-0.39, 0.29) is 11.7 Å². The van der Waals surface area contributed by atoms with E-state index in [9.17, 15) is 9.18 Å². The van der Waals surface area contributed by atoms with Crippen LogP contribution in [0.15, 0.2) is 18.2 Å². The predicted octanol–water partition coefficient (Wildman–Crippen LogP) is 1.86. The average Bonchev–Trinajstić information content (AvgIpc) is 2.92. The van der Waals surface area contributed by atoms with Gasteiger partial charge in [0.15, 0.2) is 0 Å². The smallest absolute Gasteiger partial charge is 0.244 e. The molecule has 5 heteroatoms. The van der Waals surface area contributed by atoms with Gasteiger partial charge in [-0.25, -0.2) is 4.39 Å². The van der Waals surface area contributed by atoms with Crippen molar-refractivity contribution in [3.63, 3.8) is 0 Å². The van der Waals surface area contributed by atoms with E-state index in [1.165, 1.54) is 6.07 Å². The molecule has 1 aliphatic heterocycles. The van der Waals surface area contributed by atoms with Crippen LogP contribution in [0.2, 0.25) is 0 Å². The summed E-state index contributed by atoms with van der Waals surface area (Å²) in [5.74, 6) is -0.512. The minimum Gasteiger partial charge on any atom is -0.369 e. The van der Waals surface area contributed by atoms with Gasteiger partial charge in [-0.1, -0.05) is 0 Å². The van der Waals surface area contributed by atoms with E-state index in [2.05, 4.69) is 5.32 Å². The van der Waals surface area contributed by atoms with Crippen LogP contribution >= 0.6 is 0 Å². The molecule has 0 atom stereocenters. The van der Waals surface area contributed by atoms with Gasteiger partial charge in [-0.15, -0.1) is 0 Å². The lowest BCUT2D eigenvalue weighted by atomic mass is 10.2. The molecule has 0 bridgehead atoms. The lowest BCUT2D eigenvalue weighted by Gasteiger charge is -2.19. The Balaban J connectivity index is 1.73. The van der Waals surface area contributed by atoms with Gasteiger partial charge >= 0.3 is 0 Å². The summed E-state index contributed by atoms with van der Waals surface area (Å²) >= 11 is 0. The summed E-state index contributed by atoms with van der Waals surface area (Å²) in [4.78, 5) is 13.8. The van der Waals surface area contributed by atoms with Crippen LogP contribution in [-0.4, -0.2) is 24.5 Å². The van der Waals surface area contributed by atoms with E-state index in [4.69, 9.17) is 5.73 Å². The molecule has 2 aliphatic rings. The summed E-state index contributed by atoms with van der Waals surface area (Å²) in [5, 5.41) is 2.68. The Hall–Kier alpha value is -1.62. The van der Waals surface area contributed by atoms with Crippen LogP contribution in [0.1, 0.15) is 25.7 Å². The molecule has 0 aromatic heterocycles. The van der Waals surface area contributed by atoms with E-state index < -0.39 is 5.54 Å². The third-order valence-corrected chi connectivity index (χ3v) is 3.89. The molecule has 3 rings (SSSR count). The summed E-state index contributed by atoms with van der Waals surface area (Å²) in [6, 6.07) is 4.84. The van der Waals surface area contributed by atoms with Crippen molar-refractivity contribution >= 4 is 17.3 Å². The monoisotopic (exact) mass is 263 g/mol. The van der Waals surface area contributed by atoms with Gasteiger partial charge in [-0.2, -0.15) is 0 Å². The Morgan fingerprint density at radius 3 is 2.58 bits per heavy atom. The van der Waals surface area contributed by atoms with Gasteiger partial charge in [0.25, 0.3) is 0 Å². The molecule has 0 unspecified atom stereocenters. The summed E-state index contributed by atoms with van der Waals surface area (Å²) in [6.07, 6.45) is 3.61. The number of nitrogens with one attached hydrogen (secondary N) is 1. The van der Waals surface area contributed by atoms with Crippen LogP contribution in [-0.2, 0) is 4.79 Å². The molecule has 102 valence electrons. The Morgan fingerprint density at radius 1 is 1.32 bits per heavy atom. The molecule has 1 amide bonds. The van der Waals surface area contributed by atoms with Crippen molar-refractivity contribution in [2.45, 2.75) is 31.2 Å². The number of halogens is 1. The highest BCUT2D eigenvalue weighted by molar-refractivity contribution is 6.00. The normalized spacial score (nSPS) is 20.4. The molecule has 0 spiro atoms. The van der Waals surface area contributed by atoms with E-state index in [0.717, 1.165) is 25.9 Å². The number of carbonyl (C=O) groups excluding carboxylic acids is 1. The first-order valence-electron chi connectivity index (χ1n) is 6.73. The molecule has 1 saturated carbocycles. The standard InChI is InChI=1S/C14H18FN3O/c15-11-9-10(17-13(19)14(16)5-6-14)3-4-12(11)18-7-1-2-8-18/h3-4,9H,1-2,5-8,16H2,(H,17,19). The van der Waals surface area contributed by atoms with E-state index >= 15 is 0 Å². The second-order valence-corrected chi connectivity index (χ2v) is 5.47. The van der Waals surface area contributed by atoms with Crippen molar-refractivity contribution in [2.75, 3.05) is 23.3 Å². The van der Waals surface area contributed by atoms with Gasteiger partial charge in [0, 0.05) is 18.8 Å². The number of hydrogen-bond acceptors (Lipinski definition) is 3. The van der Waals surface area contributed by atoms with Crippen LogP contribution in [0.4, 0.5) is 15.8 Å². The third kappa shape index (κ3) is 2.42. The lowest BCUT2D eigenvalue weighted by Crippen LogP contribution is -2.37. The average molecular weight is 263 g/mol. The maximum atomic E-state index is 14.0. The number of carbonyl (C=O) groups is 1. The number of rotatable bonds is 3. The fraction of sp³-hybridized carbons (Fsp3) is 0.500. The molecular formula is C14H18FN3O. The molecule has 1 aromatic rings. The molecule has 2 fully saturated rings. The Labute approximate surface area is 111 Å². The maximum absolute atomic E-state index is 14.0. The van der Waals surface area contributed by atoms with Gasteiger partial charge in [0.05, 0.1) is 11.2 Å². The number of nitrogens with two attached hydrogens (primary N) is 1. The Morgan fingerprint density at radius 2 is 2.00 bits per heavy atom. The second kappa shape index (κ2) is 4.49. The second-order valence-electron chi connectivity index (χ2n) is 5.47. The molecule has 0 radical (unpaired) electrons. The van der Waals surface area contributed by atoms with Gasteiger partial charge in [0.2, 0.25) is 5.91 Å². The van der Waals surface area contributed by atoms with Gasteiger partial charge in [-0.05, 0) is 43.9 Å². The van der Waals surface area contributed by atoms with Crippen LogP contribution < -0.4 is 16.0 Å². The molecule has 1 aromatic carbocycles. The zero-order valence-corrected chi connectivity index (χ0v) is 10.8. The molecular weight excluding hydrogens is 245 g/mol. The number of nitrogens with zero attached hydrogens (tertiary/aromatic N) is 1. The van der Waals surface area contributed by atoms with Crippen LogP contribution in [0.3, 0.4) is 0 Å². The van der Waals surface area contributed by atoms with Gasteiger partial charge in [-0.3, -0.25) is 4.79 Å². The zero-order chi connectivity index (χ0) is 13.5. The van der Waals surface area contributed by atoms with Crippen molar-refractivity contribution in [1.82, 2.24) is 0 Å². The number of hydrogen-bond donors (Lipinski definition) is 2. The fourth-order valence-electron chi connectivity index (χ4n) is 2.42. The minimum absolute atomic E-state index is 0.221. The largest absolute Gasteiger partial charge is 0.369 e. The van der Waals surface area contributed by atoms with Crippen LogP contribution in [0.5, 0.6) is 0 Å². The first kappa shape index (κ1) is 12.4. The number of amides is 1. The highest BCUT2D eigenvalue weighted by Gasteiger charge is 2.45. The van der Waals surface area contributed by atoms with Crippen LogP contribution in [0, 0.1) is 5.82 Å². The minimum atomic E-state index is -0.732. The SMILES string of the molecule is NC1(C(=O)Nc2ccc(N3CCCC3)c(F)c2)CC1. The third-order valence-electron chi connectivity index (χ3n) is 3.89. The van der Waals surface area contributed by atoms with E-state index in [0.29, 0.717) is 24.2 Å². The first-order valence-corrected chi connectivity index (χ1v) is 6.73. The summed E-state index contributed by atoms with van der Waals surface area (Å²) < 4.78 is 14.0. The van der Waals surface area contributed by atoms with Crippen molar-refractivity contribution in [2.24, 2.45) is 5.73 Å². The van der Waals surface area contributed by atoms with Crippen molar-refractivity contribution in [3.8, 4) is 0 Å². The van der Waals surface area contributed by atoms with Crippen LogP contribution in [0.25, 0.3) is 0 Å². The maximum Gasteiger partial charge on any atom is 0.244 e. The molecule has 1 heterocycles. The predicted molar refractivity (Wildman–Crippen MR) is 72.6 cm³/mol. The van der Waals surface area contributed by atoms with Crippen molar-refractivity contribution in [1.29, 1.82) is 0 Å². The summed E-state index contributed by atoms with van der Waals surface area (Å²) in [7, 11) is 0. The Bertz CT molecular complexity index is 507. The summed E-state index contributed by atoms with van der Waals surface area (Å²) in [5.41, 5.74) is 6.15. The van der Waals surface area contributed by atoms with Gasteiger partial charge < -0.3 is 16.0 Å². The van der Waals surface area contributed by atoms with Crippen molar-refractivity contribution in [3.05, 3.63) is 24.0 Å². The highest BCUT2D eigenvalue weighted by atomic mass is 19.1. The van der Waals surface area contributed by atoms with Gasteiger partial charge in [0.1, 0.15) is 5.82 Å². The molecule has 4 nitrogen and oxygen atoms in total. The molecule has 19 heavy (non-hydrogen) atoms. The number of benzene rings is 1. The Kier molecular flexibility index (Phi) is 2.93. The molecule has 3 N–H and O–H groups in total. The quantitative estimate of drug-likeness (QED) is 0.875. The summed E-state index contributed by atoms with van der Waals surface area (Å²) in [6.45, 7) is 1.79. The van der Waals surface area contributed by atoms with E-state index in [1.54, 1.807) is 12.1 Å². The lowest BCUT2D eigenvalue weighted by molar-refractivity contribution is -0.118. The van der Waals surface area contributed by atoms with Crippen molar-refractivity contribution < 1.29 is 9.18 Å². The highest BCUT2D eigenvalue weighted by Crippen LogP contribution is 2.34. The topological polar surface area (TPSA) is 58.4 Å². The van der Waals surface area contributed by atoms with E-state index in [1.807, 2.05) is 4.90 Å². The number of anilines is 2. The zero-order valence-electron chi connectivity index (χ0n) is 10.8. The fourth-order valence-corrected chi connectivity index (χ4v) is 2.42.